The van der Waals surface area contributed by atoms with Gasteiger partial charge in [0.1, 0.15) is 5.82 Å². The van der Waals surface area contributed by atoms with E-state index in [0.717, 1.165) is 61.7 Å². The minimum atomic E-state index is 0.887. The van der Waals surface area contributed by atoms with E-state index in [0.29, 0.717) is 0 Å². The molecular formula is C22H32N6. The quantitative estimate of drug-likeness (QED) is 0.585. The van der Waals surface area contributed by atoms with E-state index in [9.17, 15) is 0 Å². The van der Waals surface area contributed by atoms with E-state index in [1.54, 1.807) is 6.20 Å². The van der Waals surface area contributed by atoms with E-state index in [1.807, 2.05) is 12.3 Å². The normalized spacial score (nSPS) is 11.6. The van der Waals surface area contributed by atoms with Crippen molar-refractivity contribution in [3.63, 3.8) is 0 Å². The number of hydrogen-bond acceptors (Lipinski definition) is 5. The van der Waals surface area contributed by atoms with Gasteiger partial charge < -0.3 is 19.7 Å². The van der Waals surface area contributed by atoms with Crippen LogP contribution in [0, 0.1) is 0 Å². The van der Waals surface area contributed by atoms with Crippen LogP contribution >= 0.6 is 0 Å². The SMILES string of the molecule is CCN(CC)CCN(CCN(C)C)c1ccc(-c2nc3ccncc3[nH]2)cc1. The van der Waals surface area contributed by atoms with Crippen molar-refractivity contribution in [1.82, 2.24) is 24.8 Å². The van der Waals surface area contributed by atoms with Crippen molar-refractivity contribution in [1.29, 1.82) is 0 Å². The predicted octanol–water partition coefficient (Wildman–Crippen LogP) is 3.33. The monoisotopic (exact) mass is 380 g/mol. The van der Waals surface area contributed by atoms with Crippen LogP contribution in [0.15, 0.2) is 42.7 Å². The van der Waals surface area contributed by atoms with Gasteiger partial charge in [-0.05, 0) is 57.5 Å². The van der Waals surface area contributed by atoms with Crippen LogP contribution in [0.3, 0.4) is 0 Å². The molecule has 0 fully saturated rings. The van der Waals surface area contributed by atoms with Gasteiger partial charge in [0, 0.05) is 43.6 Å². The molecule has 3 aromatic rings. The summed E-state index contributed by atoms with van der Waals surface area (Å²) in [5, 5.41) is 0. The third-order valence-electron chi connectivity index (χ3n) is 5.19. The van der Waals surface area contributed by atoms with Gasteiger partial charge in [0.25, 0.3) is 0 Å². The minimum absolute atomic E-state index is 0.887. The van der Waals surface area contributed by atoms with Crippen molar-refractivity contribution < 1.29 is 0 Å². The number of likely N-dealkylation sites (N-methyl/N-ethyl adjacent to an activating group) is 2. The van der Waals surface area contributed by atoms with E-state index >= 15 is 0 Å². The smallest absolute Gasteiger partial charge is 0.138 e. The number of hydrogen-bond donors (Lipinski definition) is 1. The van der Waals surface area contributed by atoms with Crippen molar-refractivity contribution in [2.75, 3.05) is 58.3 Å². The first-order chi connectivity index (χ1) is 13.6. The lowest BCUT2D eigenvalue weighted by Crippen LogP contribution is -2.38. The Labute approximate surface area is 168 Å². The van der Waals surface area contributed by atoms with Crippen LogP contribution < -0.4 is 4.90 Å². The highest BCUT2D eigenvalue weighted by Gasteiger charge is 2.11. The molecule has 6 heteroatoms. The first-order valence-electron chi connectivity index (χ1n) is 10.1. The number of pyridine rings is 1. The number of H-pyrrole nitrogens is 1. The van der Waals surface area contributed by atoms with Crippen molar-refractivity contribution in [2.45, 2.75) is 13.8 Å². The van der Waals surface area contributed by atoms with Gasteiger partial charge in [-0.2, -0.15) is 0 Å². The van der Waals surface area contributed by atoms with E-state index in [-0.39, 0.29) is 0 Å². The standard InChI is InChI=1S/C22H32N6/c1-5-27(6-2)14-16-28(15-13-26(3)4)19-9-7-18(8-10-19)22-24-20-11-12-23-17-21(20)25-22/h7-12,17H,5-6,13-16H2,1-4H3,(H,24,25). The molecule has 0 aliphatic rings. The van der Waals surface area contributed by atoms with E-state index < -0.39 is 0 Å². The third kappa shape index (κ3) is 5.09. The summed E-state index contributed by atoms with van der Waals surface area (Å²) >= 11 is 0. The fourth-order valence-corrected chi connectivity index (χ4v) is 3.32. The highest BCUT2D eigenvalue weighted by Crippen LogP contribution is 2.23. The summed E-state index contributed by atoms with van der Waals surface area (Å²) in [6.07, 6.45) is 3.59. The Hall–Kier alpha value is -2.44. The van der Waals surface area contributed by atoms with Crippen molar-refractivity contribution >= 4 is 16.7 Å². The Morgan fingerprint density at radius 1 is 0.893 bits per heavy atom. The summed E-state index contributed by atoms with van der Waals surface area (Å²) in [6.45, 7) is 10.8. The number of nitrogens with zero attached hydrogens (tertiary/aromatic N) is 5. The lowest BCUT2D eigenvalue weighted by atomic mass is 10.2. The van der Waals surface area contributed by atoms with Gasteiger partial charge in [0.15, 0.2) is 0 Å². The molecule has 0 saturated heterocycles. The Bertz CT molecular complexity index is 818. The first kappa shape index (κ1) is 20.3. The molecule has 2 aromatic heterocycles. The molecule has 0 amide bonds. The van der Waals surface area contributed by atoms with Crippen LogP contribution in [0.2, 0.25) is 0 Å². The fourth-order valence-electron chi connectivity index (χ4n) is 3.32. The third-order valence-corrected chi connectivity index (χ3v) is 5.19. The Morgan fingerprint density at radius 3 is 2.25 bits per heavy atom. The van der Waals surface area contributed by atoms with Gasteiger partial charge in [0.2, 0.25) is 0 Å². The molecule has 6 nitrogen and oxygen atoms in total. The molecule has 0 atom stereocenters. The summed E-state index contributed by atoms with van der Waals surface area (Å²) < 4.78 is 0. The molecule has 0 radical (unpaired) electrons. The number of aromatic amines is 1. The summed E-state index contributed by atoms with van der Waals surface area (Å²) in [6, 6.07) is 10.7. The molecule has 0 saturated carbocycles. The second-order valence-corrected chi connectivity index (χ2v) is 7.34. The van der Waals surface area contributed by atoms with Crippen molar-refractivity contribution in [2.24, 2.45) is 0 Å². The molecule has 0 aliphatic heterocycles. The largest absolute Gasteiger partial charge is 0.369 e. The topological polar surface area (TPSA) is 51.3 Å². The number of imidazole rings is 1. The molecule has 0 bridgehead atoms. The van der Waals surface area contributed by atoms with Crippen LogP contribution in [0.5, 0.6) is 0 Å². The first-order valence-corrected chi connectivity index (χ1v) is 10.1. The van der Waals surface area contributed by atoms with Crippen LogP contribution in [0.1, 0.15) is 13.8 Å². The molecule has 0 unspecified atom stereocenters. The Morgan fingerprint density at radius 2 is 1.61 bits per heavy atom. The molecule has 3 rings (SSSR count). The van der Waals surface area contributed by atoms with Gasteiger partial charge in [-0.15, -0.1) is 0 Å². The van der Waals surface area contributed by atoms with Crippen molar-refractivity contribution in [3.05, 3.63) is 42.7 Å². The zero-order valence-corrected chi connectivity index (χ0v) is 17.5. The lowest BCUT2D eigenvalue weighted by Gasteiger charge is -2.29. The molecule has 1 aromatic carbocycles. The molecule has 1 N–H and O–H groups in total. The summed E-state index contributed by atoms with van der Waals surface area (Å²) in [5.41, 5.74) is 4.26. The minimum Gasteiger partial charge on any atom is -0.369 e. The fraction of sp³-hybridized carbons (Fsp3) is 0.455. The van der Waals surface area contributed by atoms with Gasteiger partial charge >= 0.3 is 0 Å². The zero-order chi connectivity index (χ0) is 19.9. The molecule has 0 spiro atoms. The number of benzene rings is 1. The number of nitrogens with one attached hydrogen (secondary N) is 1. The molecule has 150 valence electrons. The number of anilines is 1. The zero-order valence-electron chi connectivity index (χ0n) is 17.5. The Kier molecular flexibility index (Phi) is 7.01. The average Bonchev–Trinajstić information content (AvgIpc) is 3.15. The number of fused-ring (bicyclic) bond motifs is 1. The molecular weight excluding hydrogens is 348 g/mol. The number of rotatable bonds is 10. The maximum atomic E-state index is 4.68. The van der Waals surface area contributed by atoms with Gasteiger partial charge in [-0.25, -0.2) is 4.98 Å². The van der Waals surface area contributed by atoms with E-state index in [4.69, 9.17) is 0 Å². The van der Waals surface area contributed by atoms with Crippen molar-refractivity contribution in [3.8, 4) is 11.4 Å². The highest BCUT2D eigenvalue weighted by molar-refractivity contribution is 5.78. The van der Waals surface area contributed by atoms with Crippen LogP contribution in [0.4, 0.5) is 5.69 Å². The second kappa shape index (κ2) is 9.66. The summed E-state index contributed by atoms with van der Waals surface area (Å²) in [7, 11) is 4.25. The lowest BCUT2D eigenvalue weighted by molar-refractivity contribution is 0.307. The van der Waals surface area contributed by atoms with Crippen LogP contribution in [-0.2, 0) is 0 Å². The molecule has 0 aliphatic carbocycles. The number of aromatic nitrogens is 3. The summed E-state index contributed by atoms with van der Waals surface area (Å²) in [4.78, 5) is 19.4. The predicted molar refractivity (Wildman–Crippen MR) is 118 cm³/mol. The summed E-state index contributed by atoms with van der Waals surface area (Å²) in [5.74, 6) is 0.887. The Balaban J connectivity index is 1.76. The van der Waals surface area contributed by atoms with Gasteiger partial charge in [0.05, 0.1) is 17.2 Å². The maximum Gasteiger partial charge on any atom is 0.138 e. The van der Waals surface area contributed by atoms with Crippen LogP contribution in [-0.4, -0.2) is 78.1 Å². The second-order valence-electron chi connectivity index (χ2n) is 7.34. The van der Waals surface area contributed by atoms with Crippen LogP contribution in [0.25, 0.3) is 22.4 Å². The molecule has 28 heavy (non-hydrogen) atoms. The average molecular weight is 381 g/mol. The van der Waals surface area contributed by atoms with Gasteiger partial charge in [-0.3, -0.25) is 4.98 Å². The highest BCUT2D eigenvalue weighted by atomic mass is 15.2. The van der Waals surface area contributed by atoms with Gasteiger partial charge in [-0.1, -0.05) is 13.8 Å². The van der Waals surface area contributed by atoms with E-state index in [1.165, 1.54) is 5.69 Å². The molecule has 2 heterocycles. The maximum absolute atomic E-state index is 4.68. The van der Waals surface area contributed by atoms with E-state index in [2.05, 4.69) is 81.9 Å².